The van der Waals surface area contributed by atoms with Crippen LogP contribution in [0.25, 0.3) is 0 Å². The fourth-order valence-electron chi connectivity index (χ4n) is 4.47. The van der Waals surface area contributed by atoms with Crippen molar-refractivity contribution < 1.29 is 23.1 Å². The van der Waals surface area contributed by atoms with E-state index < -0.39 is 35.3 Å². The molecule has 1 saturated carbocycles. The molecule has 1 aromatic heterocycles. The summed E-state index contributed by atoms with van der Waals surface area (Å²) >= 11 is 0. The molecule has 0 N–H and O–H groups in total. The molecule has 2 atom stereocenters. The van der Waals surface area contributed by atoms with E-state index in [2.05, 4.69) is 9.98 Å². The number of ether oxygens (including phenoxy) is 1. The third-order valence-corrected chi connectivity index (χ3v) is 5.93. The molecular weight excluding hydrogens is 404 g/mol. The number of esters is 1. The van der Waals surface area contributed by atoms with Crippen LogP contribution in [0, 0.1) is 17.6 Å². The van der Waals surface area contributed by atoms with Gasteiger partial charge in [0.25, 0.3) is 5.91 Å². The summed E-state index contributed by atoms with van der Waals surface area (Å²) in [6.07, 6.45) is 7.49. The average molecular weight is 427 g/mol. The third kappa shape index (κ3) is 4.06. The van der Waals surface area contributed by atoms with Gasteiger partial charge in [-0.25, -0.2) is 13.8 Å². The standard InChI is InChI=1S/C23H23F2N3O3/c1-13-19(22(29)28-10-9-26-12-28)21(17-11-15(24)7-8-18(17)25)20(14(2)27-13)23(30)31-16-5-3-4-6-16/h7-12,16,20-21H,3-6H2,1-2H3. The lowest BCUT2D eigenvalue weighted by Gasteiger charge is -2.32. The molecule has 1 aliphatic carbocycles. The Kier molecular flexibility index (Phi) is 5.80. The van der Waals surface area contributed by atoms with Crippen LogP contribution < -0.4 is 0 Å². The maximum absolute atomic E-state index is 14.9. The van der Waals surface area contributed by atoms with E-state index in [-0.39, 0.29) is 17.2 Å². The molecule has 4 rings (SSSR count). The van der Waals surface area contributed by atoms with Crippen LogP contribution in [0.4, 0.5) is 8.78 Å². The summed E-state index contributed by atoms with van der Waals surface area (Å²) in [7, 11) is 0. The normalized spacial score (nSPS) is 21.9. The molecule has 2 unspecified atom stereocenters. The van der Waals surface area contributed by atoms with Gasteiger partial charge in [-0.3, -0.25) is 19.1 Å². The Balaban J connectivity index is 1.83. The molecule has 6 nitrogen and oxygen atoms in total. The quantitative estimate of drug-likeness (QED) is 0.677. The number of allylic oxidation sites excluding steroid dienone is 2. The highest BCUT2D eigenvalue weighted by molar-refractivity contribution is 6.08. The number of halogens is 2. The summed E-state index contributed by atoms with van der Waals surface area (Å²) < 4.78 is 36.0. The van der Waals surface area contributed by atoms with E-state index >= 15 is 0 Å². The zero-order valence-corrected chi connectivity index (χ0v) is 17.3. The van der Waals surface area contributed by atoms with Gasteiger partial charge < -0.3 is 4.74 Å². The van der Waals surface area contributed by atoms with Crippen molar-refractivity contribution in [3.8, 4) is 0 Å². The highest BCUT2D eigenvalue weighted by Crippen LogP contribution is 2.42. The molecule has 8 heteroatoms. The Morgan fingerprint density at radius 2 is 1.90 bits per heavy atom. The average Bonchev–Trinajstić information content (AvgIpc) is 3.43. The van der Waals surface area contributed by atoms with Gasteiger partial charge in [-0.1, -0.05) is 0 Å². The molecule has 0 amide bonds. The van der Waals surface area contributed by atoms with E-state index in [1.807, 2.05) is 0 Å². The number of nitrogens with zero attached hydrogens (tertiary/aromatic N) is 3. The van der Waals surface area contributed by atoms with E-state index in [1.54, 1.807) is 13.8 Å². The van der Waals surface area contributed by atoms with Crippen LogP contribution >= 0.6 is 0 Å². The molecule has 1 aromatic carbocycles. The monoisotopic (exact) mass is 427 g/mol. The zero-order valence-electron chi connectivity index (χ0n) is 17.3. The number of hydrogen-bond donors (Lipinski definition) is 0. The second-order valence-corrected chi connectivity index (χ2v) is 7.99. The Hall–Kier alpha value is -3.16. The van der Waals surface area contributed by atoms with Crippen molar-refractivity contribution in [2.45, 2.75) is 51.6 Å². The first-order valence-corrected chi connectivity index (χ1v) is 10.3. The van der Waals surface area contributed by atoms with E-state index in [1.165, 1.54) is 23.3 Å². The Morgan fingerprint density at radius 3 is 2.58 bits per heavy atom. The molecule has 0 radical (unpaired) electrons. The van der Waals surface area contributed by atoms with Crippen molar-refractivity contribution in [3.63, 3.8) is 0 Å². The summed E-state index contributed by atoms with van der Waals surface area (Å²) in [6.45, 7) is 3.27. The van der Waals surface area contributed by atoms with Gasteiger partial charge in [0.2, 0.25) is 0 Å². The van der Waals surface area contributed by atoms with Crippen LogP contribution in [0.2, 0.25) is 0 Å². The molecule has 2 aromatic rings. The second kappa shape index (κ2) is 8.53. The Bertz CT molecular complexity index is 1070. The maximum atomic E-state index is 14.9. The van der Waals surface area contributed by atoms with Gasteiger partial charge in [0.15, 0.2) is 0 Å². The van der Waals surface area contributed by atoms with Crippen LogP contribution in [0.5, 0.6) is 0 Å². The van der Waals surface area contributed by atoms with Crippen LogP contribution in [0.1, 0.15) is 55.8 Å². The van der Waals surface area contributed by atoms with E-state index in [0.717, 1.165) is 43.9 Å². The molecule has 31 heavy (non-hydrogen) atoms. The topological polar surface area (TPSA) is 73.5 Å². The van der Waals surface area contributed by atoms with Gasteiger partial charge in [-0.05, 0) is 63.3 Å². The number of rotatable bonds is 4. The maximum Gasteiger partial charge on any atom is 0.315 e. The lowest BCUT2D eigenvalue weighted by atomic mass is 9.75. The zero-order chi connectivity index (χ0) is 22.1. The van der Waals surface area contributed by atoms with Crippen molar-refractivity contribution in [1.82, 2.24) is 9.55 Å². The Morgan fingerprint density at radius 1 is 1.16 bits per heavy atom. The minimum absolute atomic E-state index is 0.0783. The molecule has 2 aliphatic rings. The predicted octanol–water partition coefficient (Wildman–Crippen LogP) is 4.44. The number of hydrogen-bond acceptors (Lipinski definition) is 5. The number of imidazole rings is 1. The number of aromatic nitrogens is 2. The van der Waals surface area contributed by atoms with E-state index in [9.17, 15) is 18.4 Å². The van der Waals surface area contributed by atoms with Gasteiger partial charge >= 0.3 is 5.97 Å². The van der Waals surface area contributed by atoms with Crippen LogP contribution in [-0.4, -0.2) is 33.2 Å². The summed E-state index contributed by atoms with van der Waals surface area (Å²) in [6, 6.07) is 3.03. The van der Waals surface area contributed by atoms with Crippen LogP contribution in [-0.2, 0) is 9.53 Å². The Labute approximate surface area is 178 Å². The highest BCUT2D eigenvalue weighted by Gasteiger charge is 2.44. The highest BCUT2D eigenvalue weighted by atomic mass is 19.1. The first-order valence-electron chi connectivity index (χ1n) is 10.3. The second-order valence-electron chi connectivity index (χ2n) is 7.99. The number of carbonyl (C=O) groups excluding carboxylic acids is 2. The molecule has 2 heterocycles. The van der Waals surface area contributed by atoms with Crippen LogP contribution in [0.15, 0.2) is 53.2 Å². The smallest absolute Gasteiger partial charge is 0.315 e. The van der Waals surface area contributed by atoms with Gasteiger partial charge in [-0.2, -0.15) is 0 Å². The molecule has 0 bridgehead atoms. The third-order valence-electron chi connectivity index (χ3n) is 5.93. The number of carbonyl (C=O) groups is 2. The lowest BCUT2D eigenvalue weighted by molar-refractivity contribution is -0.151. The van der Waals surface area contributed by atoms with Crippen molar-refractivity contribution in [2.75, 3.05) is 0 Å². The minimum atomic E-state index is -1.07. The van der Waals surface area contributed by atoms with Gasteiger partial charge in [0.1, 0.15) is 30.0 Å². The molecule has 162 valence electrons. The molecule has 0 spiro atoms. The summed E-state index contributed by atoms with van der Waals surface area (Å²) in [5.74, 6) is -4.56. The van der Waals surface area contributed by atoms with Crippen molar-refractivity contribution in [3.05, 3.63) is 65.4 Å². The minimum Gasteiger partial charge on any atom is -0.462 e. The van der Waals surface area contributed by atoms with Crippen molar-refractivity contribution >= 4 is 17.6 Å². The summed E-state index contributed by atoms with van der Waals surface area (Å²) in [5, 5.41) is 0. The van der Waals surface area contributed by atoms with E-state index in [4.69, 9.17) is 4.74 Å². The number of aliphatic imine (C=N–C) groups is 1. The summed E-state index contributed by atoms with van der Waals surface area (Å²) in [5.41, 5.74) is 0.776. The molecular formula is C23H23F2N3O3. The SMILES string of the molecule is CC1=NC(C)=C(C(=O)n2ccnc2)C(c2cc(F)ccc2F)C1C(=O)OC1CCCC1. The van der Waals surface area contributed by atoms with Gasteiger partial charge in [0, 0.05) is 35.3 Å². The van der Waals surface area contributed by atoms with Crippen molar-refractivity contribution in [2.24, 2.45) is 10.9 Å². The largest absolute Gasteiger partial charge is 0.462 e. The molecule has 0 saturated heterocycles. The van der Waals surface area contributed by atoms with Crippen LogP contribution in [0.3, 0.4) is 0 Å². The first-order chi connectivity index (χ1) is 14.9. The molecule has 1 aliphatic heterocycles. The van der Waals surface area contributed by atoms with Gasteiger partial charge in [0.05, 0.1) is 0 Å². The summed E-state index contributed by atoms with van der Waals surface area (Å²) in [4.78, 5) is 34.8. The lowest BCUT2D eigenvalue weighted by Crippen LogP contribution is -2.38. The first kappa shape index (κ1) is 21.1. The van der Waals surface area contributed by atoms with Crippen molar-refractivity contribution in [1.29, 1.82) is 0 Å². The van der Waals surface area contributed by atoms with Gasteiger partial charge in [-0.15, -0.1) is 0 Å². The van der Waals surface area contributed by atoms with E-state index in [0.29, 0.717) is 11.4 Å². The molecule has 1 fully saturated rings. The fraction of sp³-hybridized carbons (Fsp3) is 0.391. The fourth-order valence-corrected chi connectivity index (χ4v) is 4.47. The predicted molar refractivity (Wildman–Crippen MR) is 110 cm³/mol. The number of benzene rings is 1.